The summed E-state index contributed by atoms with van der Waals surface area (Å²) in [7, 11) is 1.87. The van der Waals surface area contributed by atoms with Gasteiger partial charge in [0, 0.05) is 30.1 Å². The molecule has 0 aliphatic rings. The van der Waals surface area contributed by atoms with E-state index in [2.05, 4.69) is 18.9 Å². The van der Waals surface area contributed by atoms with Crippen molar-refractivity contribution in [2.45, 2.75) is 19.8 Å². The van der Waals surface area contributed by atoms with Crippen LogP contribution in [0.3, 0.4) is 0 Å². The van der Waals surface area contributed by atoms with Gasteiger partial charge in [-0.3, -0.25) is 4.68 Å². The Morgan fingerprint density at radius 3 is 2.59 bits per heavy atom. The first kappa shape index (κ1) is 11.6. The van der Waals surface area contributed by atoms with Crippen molar-refractivity contribution in [3.05, 3.63) is 35.9 Å². The number of aryl methyl sites for hydroxylation is 1. The predicted octanol–water partition coefficient (Wildman–Crippen LogP) is 2.93. The molecular formula is C13H16FN3. The second-order valence-electron chi connectivity index (χ2n) is 4.49. The maximum atomic E-state index is 13.0. The van der Waals surface area contributed by atoms with Gasteiger partial charge in [-0.05, 0) is 24.1 Å². The van der Waals surface area contributed by atoms with E-state index in [1.54, 1.807) is 10.7 Å². The fourth-order valence-electron chi connectivity index (χ4n) is 1.92. The van der Waals surface area contributed by atoms with Gasteiger partial charge in [-0.2, -0.15) is 5.10 Å². The molecule has 90 valence electrons. The van der Waals surface area contributed by atoms with Gasteiger partial charge >= 0.3 is 0 Å². The van der Waals surface area contributed by atoms with Crippen LogP contribution >= 0.6 is 0 Å². The smallest absolute Gasteiger partial charge is 0.125 e. The first-order valence-electron chi connectivity index (χ1n) is 5.58. The number of rotatable bonds is 2. The van der Waals surface area contributed by atoms with Gasteiger partial charge in [0.25, 0.3) is 0 Å². The average Bonchev–Trinajstić information content (AvgIpc) is 2.60. The number of nitrogens with two attached hydrogens (primary N) is 1. The third kappa shape index (κ3) is 2.16. The molecule has 0 saturated carbocycles. The van der Waals surface area contributed by atoms with Crippen molar-refractivity contribution >= 4 is 5.69 Å². The van der Waals surface area contributed by atoms with Crippen molar-refractivity contribution in [1.29, 1.82) is 0 Å². The van der Waals surface area contributed by atoms with E-state index in [1.807, 2.05) is 13.2 Å². The van der Waals surface area contributed by atoms with Crippen molar-refractivity contribution in [3.8, 4) is 11.1 Å². The van der Waals surface area contributed by atoms with Gasteiger partial charge < -0.3 is 5.73 Å². The summed E-state index contributed by atoms with van der Waals surface area (Å²) in [5, 5.41) is 4.42. The number of halogens is 1. The molecule has 0 bridgehead atoms. The average molecular weight is 233 g/mol. The Morgan fingerprint density at radius 1 is 1.29 bits per heavy atom. The number of hydrogen-bond acceptors (Lipinski definition) is 2. The number of hydrogen-bond donors (Lipinski definition) is 1. The van der Waals surface area contributed by atoms with E-state index in [4.69, 9.17) is 5.73 Å². The Kier molecular flexibility index (Phi) is 2.88. The highest BCUT2D eigenvalue weighted by Crippen LogP contribution is 2.32. The Balaban J connectivity index is 2.59. The largest absolute Gasteiger partial charge is 0.398 e. The van der Waals surface area contributed by atoms with Gasteiger partial charge in [-0.25, -0.2) is 4.39 Å². The lowest BCUT2D eigenvalue weighted by Crippen LogP contribution is -1.96. The van der Waals surface area contributed by atoms with Crippen LogP contribution in [0.4, 0.5) is 10.1 Å². The summed E-state index contributed by atoms with van der Waals surface area (Å²) in [5.74, 6) is -0.0168. The van der Waals surface area contributed by atoms with E-state index in [0.29, 0.717) is 11.6 Å². The van der Waals surface area contributed by atoms with E-state index in [9.17, 15) is 4.39 Å². The molecule has 4 heteroatoms. The number of aromatic nitrogens is 2. The highest BCUT2D eigenvalue weighted by Gasteiger charge is 2.15. The number of benzene rings is 1. The first-order valence-corrected chi connectivity index (χ1v) is 5.58. The maximum absolute atomic E-state index is 13.0. The zero-order chi connectivity index (χ0) is 12.6. The lowest BCUT2D eigenvalue weighted by molar-refractivity contribution is 0.628. The van der Waals surface area contributed by atoms with Gasteiger partial charge in [0.2, 0.25) is 0 Å². The molecule has 3 nitrogen and oxygen atoms in total. The van der Waals surface area contributed by atoms with Gasteiger partial charge in [0.1, 0.15) is 5.82 Å². The van der Waals surface area contributed by atoms with Crippen molar-refractivity contribution < 1.29 is 4.39 Å². The van der Waals surface area contributed by atoms with Crippen LogP contribution in [0.2, 0.25) is 0 Å². The summed E-state index contributed by atoms with van der Waals surface area (Å²) >= 11 is 0. The second kappa shape index (κ2) is 4.20. The molecule has 2 rings (SSSR count). The molecular weight excluding hydrogens is 217 g/mol. The number of anilines is 1. The van der Waals surface area contributed by atoms with Crippen LogP contribution < -0.4 is 5.73 Å². The maximum Gasteiger partial charge on any atom is 0.125 e. The van der Waals surface area contributed by atoms with E-state index in [0.717, 1.165) is 16.8 Å². The normalized spacial score (nSPS) is 11.1. The van der Waals surface area contributed by atoms with Crippen LogP contribution in [-0.4, -0.2) is 9.78 Å². The molecule has 1 aromatic carbocycles. The predicted molar refractivity (Wildman–Crippen MR) is 67.1 cm³/mol. The summed E-state index contributed by atoms with van der Waals surface area (Å²) < 4.78 is 14.8. The van der Waals surface area contributed by atoms with Crippen LogP contribution in [0, 0.1) is 5.82 Å². The van der Waals surface area contributed by atoms with Crippen LogP contribution in [0.25, 0.3) is 11.1 Å². The van der Waals surface area contributed by atoms with Crippen molar-refractivity contribution in [1.82, 2.24) is 9.78 Å². The molecule has 0 aliphatic carbocycles. The fraction of sp³-hybridized carbons (Fsp3) is 0.308. The Bertz CT molecular complexity index is 544. The summed E-state index contributed by atoms with van der Waals surface area (Å²) in [6.45, 7) is 4.15. The fourth-order valence-corrected chi connectivity index (χ4v) is 1.92. The highest BCUT2D eigenvalue weighted by molar-refractivity contribution is 5.77. The van der Waals surface area contributed by atoms with Crippen LogP contribution in [0.1, 0.15) is 25.5 Å². The lowest BCUT2D eigenvalue weighted by atomic mass is 9.99. The third-order valence-electron chi connectivity index (χ3n) is 2.71. The van der Waals surface area contributed by atoms with Gasteiger partial charge in [-0.15, -0.1) is 0 Å². The molecule has 2 N–H and O–H groups in total. The standard InChI is InChI=1S/C13H16FN3/c1-8(2)13-11(7-17(3)16-13)10-5-4-9(14)6-12(10)15/h4-8H,15H2,1-3H3. The lowest BCUT2D eigenvalue weighted by Gasteiger charge is -2.07. The third-order valence-corrected chi connectivity index (χ3v) is 2.71. The summed E-state index contributed by atoms with van der Waals surface area (Å²) in [5.41, 5.74) is 9.09. The van der Waals surface area contributed by atoms with Crippen molar-refractivity contribution in [3.63, 3.8) is 0 Å². The summed E-state index contributed by atoms with van der Waals surface area (Å²) in [4.78, 5) is 0. The Morgan fingerprint density at radius 2 is 2.00 bits per heavy atom. The van der Waals surface area contributed by atoms with E-state index in [1.165, 1.54) is 12.1 Å². The molecule has 0 radical (unpaired) electrons. The molecule has 0 unspecified atom stereocenters. The number of nitrogen functional groups attached to an aromatic ring is 1. The molecule has 0 spiro atoms. The minimum absolute atomic E-state index is 0.302. The molecule has 0 fully saturated rings. The van der Waals surface area contributed by atoms with Gasteiger partial charge in [-0.1, -0.05) is 13.8 Å². The Labute approximate surface area is 100 Å². The molecule has 1 heterocycles. The van der Waals surface area contributed by atoms with E-state index < -0.39 is 0 Å². The minimum Gasteiger partial charge on any atom is -0.398 e. The molecule has 2 aromatic rings. The molecule has 17 heavy (non-hydrogen) atoms. The molecule has 1 aromatic heterocycles. The van der Waals surface area contributed by atoms with Crippen molar-refractivity contribution in [2.75, 3.05) is 5.73 Å². The second-order valence-corrected chi connectivity index (χ2v) is 4.49. The first-order chi connectivity index (χ1) is 7.99. The summed E-state index contributed by atoms with van der Waals surface area (Å²) in [6.07, 6.45) is 1.92. The molecule has 0 atom stereocenters. The topological polar surface area (TPSA) is 43.8 Å². The summed E-state index contributed by atoms with van der Waals surface area (Å²) in [6, 6.07) is 4.46. The number of nitrogens with zero attached hydrogens (tertiary/aromatic N) is 2. The van der Waals surface area contributed by atoms with Gasteiger partial charge in [0.15, 0.2) is 0 Å². The van der Waals surface area contributed by atoms with E-state index >= 15 is 0 Å². The monoisotopic (exact) mass is 233 g/mol. The van der Waals surface area contributed by atoms with Crippen LogP contribution in [0.5, 0.6) is 0 Å². The van der Waals surface area contributed by atoms with E-state index in [-0.39, 0.29) is 5.82 Å². The molecule has 0 saturated heterocycles. The minimum atomic E-state index is -0.318. The van der Waals surface area contributed by atoms with Crippen LogP contribution in [0.15, 0.2) is 24.4 Å². The Hall–Kier alpha value is -1.84. The zero-order valence-corrected chi connectivity index (χ0v) is 10.2. The quantitative estimate of drug-likeness (QED) is 0.810. The zero-order valence-electron chi connectivity index (χ0n) is 10.2. The van der Waals surface area contributed by atoms with Crippen molar-refractivity contribution in [2.24, 2.45) is 7.05 Å². The van der Waals surface area contributed by atoms with Gasteiger partial charge in [0.05, 0.1) is 5.69 Å². The van der Waals surface area contributed by atoms with Crippen LogP contribution in [-0.2, 0) is 7.05 Å². The molecule has 0 amide bonds. The SMILES string of the molecule is CC(C)c1nn(C)cc1-c1ccc(F)cc1N. The highest BCUT2D eigenvalue weighted by atomic mass is 19.1. The molecule has 0 aliphatic heterocycles.